The van der Waals surface area contributed by atoms with Crippen LogP contribution in [0.3, 0.4) is 0 Å². The lowest BCUT2D eigenvalue weighted by molar-refractivity contribution is 1.15. The highest BCUT2D eigenvalue weighted by atomic mass is 32.1. The molecular weight excluding hydrogens is 254 g/mol. The van der Waals surface area contributed by atoms with Gasteiger partial charge in [-0.1, -0.05) is 13.0 Å². The molecule has 0 saturated carbocycles. The maximum atomic E-state index is 12.5. The van der Waals surface area contributed by atoms with Crippen molar-refractivity contribution in [3.05, 3.63) is 57.7 Å². The van der Waals surface area contributed by atoms with Crippen LogP contribution in [-0.2, 0) is 6.42 Å². The summed E-state index contributed by atoms with van der Waals surface area (Å²) in [6.45, 7) is 2.08. The second-order valence-corrected chi connectivity index (χ2v) is 5.52. The Kier molecular flexibility index (Phi) is 2.81. The molecule has 0 aliphatic heterocycles. The molecule has 3 aromatic rings. The standard InChI is InChI=1S/C16H11NOS/c1-2-10-4-6-14-13(7-10)16(18)12-5-3-11(9-17)8-15(12)19-14/h3-8H,2H2,1H3. The van der Waals surface area contributed by atoms with E-state index in [1.807, 2.05) is 12.1 Å². The van der Waals surface area contributed by atoms with Crippen LogP contribution in [0, 0.1) is 11.3 Å². The molecule has 0 aliphatic carbocycles. The lowest BCUT2D eigenvalue weighted by atomic mass is 10.1. The molecule has 3 rings (SSSR count). The van der Waals surface area contributed by atoms with Crippen molar-refractivity contribution >= 4 is 31.5 Å². The summed E-state index contributed by atoms with van der Waals surface area (Å²) in [5, 5.41) is 10.4. The quantitative estimate of drug-likeness (QED) is 0.627. The minimum atomic E-state index is 0.0588. The molecule has 92 valence electrons. The fourth-order valence-electron chi connectivity index (χ4n) is 2.19. The van der Waals surface area contributed by atoms with Gasteiger partial charge < -0.3 is 0 Å². The molecule has 0 radical (unpaired) electrons. The van der Waals surface area contributed by atoms with E-state index < -0.39 is 0 Å². The molecule has 1 aromatic heterocycles. The number of hydrogen-bond donors (Lipinski definition) is 0. The number of nitrogens with zero attached hydrogens (tertiary/aromatic N) is 1. The summed E-state index contributed by atoms with van der Waals surface area (Å²) in [5.74, 6) is 0. The summed E-state index contributed by atoms with van der Waals surface area (Å²) in [6, 6.07) is 13.4. The first kappa shape index (κ1) is 11.9. The Bertz CT molecular complexity index is 887. The SMILES string of the molecule is CCc1ccc2sc3cc(C#N)ccc3c(=O)c2c1. The highest BCUT2D eigenvalue weighted by Crippen LogP contribution is 2.26. The van der Waals surface area contributed by atoms with E-state index in [1.54, 1.807) is 29.5 Å². The summed E-state index contributed by atoms with van der Waals surface area (Å²) in [5.41, 5.74) is 1.82. The summed E-state index contributed by atoms with van der Waals surface area (Å²) >= 11 is 1.56. The molecule has 0 saturated heterocycles. The van der Waals surface area contributed by atoms with Crippen molar-refractivity contribution in [1.82, 2.24) is 0 Å². The number of benzene rings is 2. The van der Waals surface area contributed by atoms with Crippen LogP contribution in [0.15, 0.2) is 41.2 Å². The molecular formula is C16H11NOS. The van der Waals surface area contributed by atoms with E-state index in [2.05, 4.69) is 19.1 Å². The van der Waals surface area contributed by atoms with Gasteiger partial charge in [0.1, 0.15) is 0 Å². The highest BCUT2D eigenvalue weighted by molar-refractivity contribution is 7.24. The minimum absolute atomic E-state index is 0.0588. The molecule has 0 N–H and O–H groups in total. The van der Waals surface area contributed by atoms with Crippen molar-refractivity contribution < 1.29 is 0 Å². The van der Waals surface area contributed by atoms with Crippen molar-refractivity contribution in [3.63, 3.8) is 0 Å². The first-order valence-electron chi connectivity index (χ1n) is 6.12. The van der Waals surface area contributed by atoms with E-state index in [9.17, 15) is 4.79 Å². The highest BCUT2D eigenvalue weighted by Gasteiger charge is 2.07. The third-order valence-electron chi connectivity index (χ3n) is 3.27. The molecule has 0 aliphatic rings. The first-order valence-corrected chi connectivity index (χ1v) is 6.94. The van der Waals surface area contributed by atoms with Crippen molar-refractivity contribution in [2.45, 2.75) is 13.3 Å². The monoisotopic (exact) mass is 265 g/mol. The van der Waals surface area contributed by atoms with E-state index in [0.29, 0.717) is 10.9 Å². The van der Waals surface area contributed by atoms with E-state index >= 15 is 0 Å². The second kappa shape index (κ2) is 4.49. The van der Waals surface area contributed by atoms with Crippen LogP contribution in [-0.4, -0.2) is 0 Å². The van der Waals surface area contributed by atoms with Gasteiger partial charge in [-0.2, -0.15) is 5.26 Å². The van der Waals surface area contributed by atoms with Crippen LogP contribution in [0.5, 0.6) is 0 Å². The van der Waals surface area contributed by atoms with Gasteiger partial charge in [-0.05, 0) is 42.3 Å². The van der Waals surface area contributed by atoms with Gasteiger partial charge >= 0.3 is 0 Å². The average molecular weight is 265 g/mol. The molecule has 3 heteroatoms. The van der Waals surface area contributed by atoms with Gasteiger partial charge in [-0.3, -0.25) is 4.79 Å². The van der Waals surface area contributed by atoms with Gasteiger partial charge in [0.2, 0.25) is 0 Å². The van der Waals surface area contributed by atoms with Crippen molar-refractivity contribution in [3.8, 4) is 6.07 Å². The minimum Gasteiger partial charge on any atom is -0.289 e. The topological polar surface area (TPSA) is 40.9 Å². The summed E-state index contributed by atoms with van der Waals surface area (Å²) < 4.78 is 1.85. The zero-order chi connectivity index (χ0) is 13.4. The van der Waals surface area contributed by atoms with E-state index in [1.165, 1.54) is 5.56 Å². The molecule has 0 fully saturated rings. The van der Waals surface area contributed by atoms with Crippen LogP contribution in [0.2, 0.25) is 0 Å². The fourth-order valence-corrected chi connectivity index (χ4v) is 3.28. The third-order valence-corrected chi connectivity index (χ3v) is 4.41. The summed E-state index contributed by atoms with van der Waals surface area (Å²) in [4.78, 5) is 12.5. The van der Waals surface area contributed by atoms with Crippen LogP contribution < -0.4 is 5.43 Å². The normalized spacial score (nSPS) is 10.7. The van der Waals surface area contributed by atoms with Crippen molar-refractivity contribution in [2.75, 3.05) is 0 Å². The maximum absolute atomic E-state index is 12.5. The maximum Gasteiger partial charge on any atom is 0.195 e. The second-order valence-electron chi connectivity index (χ2n) is 4.44. The number of rotatable bonds is 1. The zero-order valence-electron chi connectivity index (χ0n) is 10.4. The smallest absolute Gasteiger partial charge is 0.195 e. The molecule has 0 bridgehead atoms. The first-order chi connectivity index (χ1) is 9.22. The van der Waals surface area contributed by atoms with E-state index in [0.717, 1.165) is 21.2 Å². The summed E-state index contributed by atoms with van der Waals surface area (Å²) in [7, 11) is 0. The molecule has 1 heterocycles. The van der Waals surface area contributed by atoms with Crippen LogP contribution in [0.1, 0.15) is 18.1 Å². The molecule has 0 atom stereocenters. The van der Waals surface area contributed by atoms with Gasteiger partial charge in [0.25, 0.3) is 0 Å². The number of fused-ring (bicyclic) bond motifs is 2. The Balaban J connectivity index is 2.45. The Morgan fingerprint density at radius 1 is 1.11 bits per heavy atom. The predicted molar refractivity (Wildman–Crippen MR) is 79.7 cm³/mol. The molecule has 2 aromatic carbocycles. The molecule has 19 heavy (non-hydrogen) atoms. The van der Waals surface area contributed by atoms with Crippen molar-refractivity contribution in [1.29, 1.82) is 5.26 Å². The lowest BCUT2D eigenvalue weighted by Gasteiger charge is -2.03. The molecule has 0 unspecified atom stereocenters. The van der Waals surface area contributed by atoms with Gasteiger partial charge in [-0.15, -0.1) is 11.3 Å². The number of hydrogen-bond acceptors (Lipinski definition) is 3. The molecule has 2 nitrogen and oxygen atoms in total. The third kappa shape index (κ3) is 1.91. The Morgan fingerprint density at radius 3 is 2.68 bits per heavy atom. The van der Waals surface area contributed by atoms with Gasteiger partial charge in [0.05, 0.1) is 11.6 Å². The van der Waals surface area contributed by atoms with E-state index in [4.69, 9.17) is 5.26 Å². The average Bonchev–Trinajstić information content (AvgIpc) is 2.46. The van der Waals surface area contributed by atoms with E-state index in [-0.39, 0.29) is 5.43 Å². The lowest BCUT2D eigenvalue weighted by Crippen LogP contribution is -2.01. The van der Waals surface area contributed by atoms with Crippen molar-refractivity contribution in [2.24, 2.45) is 0 Å². The number of nitriles is 1. The Morgan fingerprint density at radius 2 is 1.95 bits per heavy atom. The Hall–Kier alpha value is -2.18. The van der Waals surface area contributed by atoms with Crippen LogP contribution in [0.4, 0.5) is 0 Å². The van der Waals surface area contributed by atoms with Gasteiger partial charge in [-0.25, -0.2) is 0 Å². The van der Waals surface area contributed by atoms with Crippen LogP contribution in [0.25, 0.3) is 20.2 Å². The van der Waals surface area contributed by atoms with Crippen LogP contribution >= 0.6 is 11.3 Å². The van der Waals surface area contributed by atoms with Gasteiger partial charge in [0, 0.05) is 20.2 Å². The molecule has 0 spiro atoms. The largest absolute Gasteiger partial charge is 0.289 e. The van der Waals surface area contributed by atoms with Gasteiger partial charge in [0.15, 0.2) is 5.43 Å². The zero-order valence-corrected chi connectivity index (χ0v) is 11.3. The molecule has 0 amide bonds. The number of aryl methyl sites for hydroxylation is 1. The Labute approximate surface area is 114 Å². The predicted octanol–water partition coefficient (Wildman–Crippen LogP) is 3.85. The summed E-state index contributed by atoms with van der Waals surface area (Å²) in [6.07, 6.45) is 0.922. The fraction of sp³-hybridized carbons (Fsp3) is 0.125.